The number of alkyl halides is 3. The number of aromatic amines is 1. The van der Waals surface area contributed by atoms with E-state index in [0.717, 1.165) is 17.7 Å². The SMILES string of the molecule is O=c1[nH]c(-c2c(C(F)(F)F)ccc(CNC(=O)[C@H]3C[C@H](OCc4cccc(Cl)c4)C3)c2F)nc2c1CCC2. The summed E-state index contributed by atoms with van der Waals surface area (Å²) in [5.74, 6) is -2.33. The molecule has 0 radical (unpaired) electrons. The maximum atomic E-state index is 15.5. The van der Waals surface area contributed by atoms with Gasteiger partial charge in [-0.05, 0) is 55.9 Å². The molecule has 38 heavy (non-hydrogen) atoms. The van der Waals surface area contributed by atoms with E-state index in [1.807, 2.05) is 12.1 Å². The lowest BCUT2D eigenvalue weighted by molar-refractivity contribution is -0.137. The van der Waals surface area contributed by atoms with E-state index >= 15 is 4.39 Å². The molecule has 0 aliphatic heterocycles. The second-order valence-electron chi connectivity index (χ2n) is 9.60. The van der Waals surface area contributed by atoms with Crippen LogP contribution in [0.1, 0.15) is 47.2 Å². The molecule has 2 aliphatic carbocycles. The topological polar surface area (TPSA) is 84.1 Å². The molecular weight excluding hydrogens is 526 g/mol. The zero-order chi connectivity index (χ0) is 27.0. The van der Waals surface area contributed by atoms with Crippen molar-refractivity contribution in [3.8, 4) is 11.4 Å². The predicted octanol–water partition coefficient (Wildman–Crippen LogP) is 5.35. The summed E-state index contributed by atoms with van der Waals surface area (Å²) in [7, 11) is 0. The number of halogens is 5. The summed E-state index contributed by atoms with van der Waals surface area (Å²) in [5.41, 5.74) is -1.06. The highest BCUT2D eigenvalue weighted by Gasteiger charge is 2.38. The first-order valence-corrected chi connectivity index (χ1v) is 12.6. The molecule has 5 rings (SSSR count). The number of aromatic nitrogens is 2. The Morgan fingerprint density at radius 3 is 2.71 bits per heavy atom. The number of hydrogen-bond acceptors (Lipinski definition) is 4. The van der Waals surface area contributed by atoms with Gasteiger partial charge in [0.15, 0.2) is 0 Å². The van der Waals surface area contributed by atoms with E-state index in [1.165, 1.54) is 0 Å². The number of nitrogens with zero attached hydrogens (tertiary/aromatic N) is 1. The number of fused-ring (bicyclic) bond motifs is 1. The van der Waals surface area contributed by atoms with E-state index in [0.29, 0.717) is 55.0 Å². The molecule has 0 saturated heterocycles. The normalized spacial score (nSPS) is 18.7. The van der Waals surface area contributed by atoms with Crippen LogP contribution < -0.4 is 10.9 Å². The Balaban J connectivity index is 1.26. The van der Waals surface area contributed by atoms with Crippen molar-refractivity contribution in [1.82, 2.24) is 15.3 Å². The Morgan fingerprint density at radius 2 is 1.97 bits per heavy atom. The van der Waals surface area contributed by atoms with Gasteiger partial charge in [-0.15, -0.1) is 0 Å². The number of aryl methyl sites for hydroxylation is 1. The summed E-state index contributed by atoms with van der Waals surface area (Å²) in [4.78, 5) is 31.4. The number of amides is 1. The molecule has 1 saturated carbocycles. The molecule has 1 aromatic heterocycles. The van der Waals surface area contributed by atoms with Gasteiger partial charge < -0.3 is 15.0 Å². The van der Waals surface area contributed by atoms with Gasteiger partial charge in [0.1, 0.15) is 11.6 Å². The largest absolute Gasteiger partial charge is 0.417 e. The van der Waals surface area contributed by atoms with E-state index < -0.39 is 34.5 Å². The van der Waals surface area contributed by atoms with Gasteiger partial charge in [0, 0.05) is 28.6 Å². The van der Waals surface area contributed by atoms with Gasteiger partial charge in [0.25, 0.3) is 5.56 Å². The van der Waals surface area contributed by atoms with Crippen LogP contribution in [-0.4, -0.2) is 22.0 Å². The van der Waals surface area contributed by atoms with Crippen LogP contribution in [0.2, 0.25) is 5.02 Å². The van der Waals surface area contributed by atoms with E-state index in [1.54, 1.807) is 12.1 Å². The number of ether oxygens (including phenoxy) is 1. The van der Waals surface area contributed by atoms with Gasteiger partial charge in [-0.3, -0.25) is 9.59 Å². The van der Waals surface area contributed by atoms with Crippen LogP contribution in [0.15, 0.2) is 41.2 Å². The third kappa shape index (κ3) is 5.47. The maximum absolute atomic E-state index is 15.5. The Hall–Kier alpha value is -3.24. The molecule has 0 bridgehead atoms. The van der Waals surface area contributed by atoms with Gasteiger partial charge in [-0.25, -0.2) is 9.37 Å². The average molecular weight is 550 g/mol. The second kappa shape index (κ2) is 10.5. The van der Waals surface area contributed by atoms with Crippen molar-refractivity contribution in [1.29, 1.82) is 0 Å². The Kier molecular flexibility index (Phi) is 7.28. The van der Waals surface area contributed by atoms with Crippen LogP contribution in [0.4, 0.5) is 17.6 Å². The number of benzene rings is 2. The summed E-state index contributed by atoms with van der Waals surface area (Å²) in [6.45, 7) is 0.0491. The second-order valence-corrected chi connectivity index (χ2v) is 10.0. The number of hydrogen-bond donors (Lipinski definition) is 2. The van der Waals surface area contributed by atoms with Gasteiger partial charge in [0.2, 0.25) is 5.91 Å². The highest BCUT2D eigenvalue weighted by atomic mass is 35.5. The van der Waals surface area contributed by atoms with E-state index in [-0.39, 0.29) is 30.0 Å². The molecule has 2 aromatic carbocycles. The first-order valence-electron chi connectivity index (χ1n) is 12.2. The fraction of sp³-hybridized carbons (Fsp3) is 0.370. The third-order valence-corrected chi connectivity index (χ3v) is 7.23. The van der Waals surface area contributed by atoms with E-state index in [2.05, 4.69) is 15.3 Å². The molecule has 11 heteroatoms. The van der Waals surface area contributed by atoms with E-state index in [4.69, 9.17) is 16.3 Å². The monoisotopic (exact) mass is 549 g/mol. The molecule has 200 valence electrons. The molecular formula is C27H24ClF4N3O3. The number of rotatable bonds is 7. The van der Waals surface area contributed by atoms with Crippen LogP contribution in [0.3, 0.4) is 0 Å². The number of nitrogens with one attached hydrogen (secondary N) is 2. The van der Waals surface area contributed by atoms with Crippen molar-refractivity contribution in [3.63, 3.8) is 0 Å². The highest BCUT2D eigenvalue weighted by Crippen LogP contribution is 2.39. The highest BCUT2D eigenvalue weighted by molar-refractivity contribution is 6.30. The summed E-state index contributed by atoms with van der Waals surface area (Å²) < 4.78 is 62.5. The first-order chi connectivity index (χ1) is 18.1. The van der Waals surface area contributed by atoms with Crippen molar-refractivity contribution in [2.75, 3.05) is 0 Å². The number of carbonyl (C=O) groups excluding carboxylic acids is 1. The summed E-state index contributed by atoms with van der Waals surface area (Å²) in [5, 5.41) is 3.21. The van der Waals surface area contributed by atoms with Gasteiger partial charge in [0.05, 0.1) is 29.5 Å². The van der Waals surface area contributed by atoms with Crippen molar-refractivity contribution in [3.05, 3.63) is 85.5 Å². The zero-order valence-corrected chi connectivity index (χ0v) is 20.9. The minimum atomic E-state index is -4.87. The minimum Gasteiger partial charge on any atom is -0.373 e. The van der Waals surface area contributed by atoms with Crippen LogP contribution in [-0.2, 0) is 41.7 Å². The fourth-order valence-electron chi connectivity index (χ4n) is 4.87. The van der Waals surface area contributed by atoms with Gasteiger partial charge in [-0.2, -0.15) is 13.2 Å². The quantitative estimate of drug-likeness (QED) is 0.389. The molecule has 0 unspecified atom stereocenters. The van der Waals surface area contributed by atoms with E-state index in [9.17, 15) is 22.8 Å². The Bertz CT molecular complexity index is 1430. The molecule has 0 spiro atoms. The van der Waals surface area contributed by atoms with Crippen molar-refractivity contribution in [2.45, 2.75) is 57.5 Å². The van der Waals surface area contributed by atoms with Crippen LogP contribution >= 0.6 is 11.6 Å². The molecule has 6 nitrogen and oxygen atoms in total. The molecule has 2 N–H and O–H groups in total. The lowest BCUT2D eigenvalue weighted by Gasteiger charge is -2.34. The molecule has 1 fully saturated rings. The Morgan fingerprint density at radius 1 is 1.18 bits per heavy atom. The van der Waals surface area contributed by atoms with Crippen molar-refractivity contribution in [2.24, 2.45) is 5.92 Å². The standard InChI is InChI=1S/C27H24ClF4N3O3/c28-17-4-1-3-14(9-17)13-38-18-10-16(11-18)25(36)33-12-15-7-8-20(27(30,31)32)22(23(15)29)24-34-21-6-2-5-19(21)26(37)35-24/h1,3-4,7-9,16,18H,2,5-6,10-13H2,(H,33,36)(H,34,35,37)/t16-,18-. The lowest BCUT2D eigenvalue weighted by atomic mass is 9.81. The summed E-state index contributed by atoms with van der Waals surface area (Å²) >= 11 is 5.96. The summed E-state index contributed by atoms with van der Waals surface area (Å²) in [6.07, 6.45) is -2.45. The van der Waals surface area contributed by atoms with Crippen LogP contribution in [0.5, 0.6) is 0 Å². The van der Waals surface area contributed by atoms with Gasteiger partial charge >= 0.3 is 6.18 Å². The van der Waals surface area contributed by atoms with Gasteiger partial charge in [-0.1, -0.05) is 29.8 Å². The Labute approximate surface area is 220 Å². The zero-order valence-electron chi connectivity index (χ0n) is 20.1. The lowest BCUT2D eigenvalue weighted by Crippen LogP contribution is -2.42. The third-order valence-electron chi connectivity index (χ3n) is 7.00. The van der Waals surface area contributed by atoms with Crippen molar-refractivity contribution < 1.29 is 27.1 Å². The van der Waals surface area contributed by atoms with Crippen LogP contribution in [0.25, 0.3) is 11.4 Å². The molecule has 2 aliphatic rings. The smallest absolute Gasteiger partial charge is 0.373 e. The van der Waals surface area contributed by atoms with Crippen LogP contribution in [0, 0.1) is 11.7 Å². The summed E-state index contributed by atoms with van der Waals surface area (Å²) in [6, 6.07) is 9.00. The minimum absolute atomic E-state index is 0.109. The van der Waals surface area contributed by atoms with Crippen molar-refractivity contribution >= 4 is 17.5 Å². The number of carbonyl (C=O) groups is 1. The maximum Gasteiger partial charge on any atom is 0.417 e. The first kappa shape index (κ1) is 26.4. The number of H-pyrrole nitrogens is 1. The predicted molar refractivity (Wildman–Crippen MR) is 132 cm³/mol. The molecule has 0 atom stereocenters. The molecule has 1 heterocycles. The molecule has 3 aromatic rings. The fourth-order valence-corrected chi connectivity index (χ4v) is 5.08. The molecule has 1 amide bonds. The average Bonchev–Trinajstić information content (AvgIpc) is 3.31.